The maximum atomic E-state index is 12.7. The number of hydrogen-bond acceptors (Lipinski definition) is 7. The first-order valence-corrected chi connectivity index (χ1v) is 10.3. The van der Waals surface area contributed by atoms with Gasteiger partial charge in [-0.2, -0.15) is 0 Å². The highest BCUT2D eigenvalue weighted by Crippen LogP contribution is 2.44. The van der Waals surface area contributed by atoms with Crippen LogP contribution >= 0.6 is 0 Å². The van der Waals surface area contributed by atoms with Crippen LogP contribution in [0.15, 0.2) is 48.5 Å². The lowest BCUT2D eigenvalue weighted by molar-refractivity contribution is -0.168. The molecule has 0 radical (unpaired) electrons. The summed E-state index contributed by atoms with van der Waals surface area (Å²) in [6.07, 6.45) is -0.659. The molecule has 0 bridgehead atoms. The van der Waals surface area contributed by atoms with E-state index in [-0.39, 0.29) is 12.5 Å². The molecule has 1 aliphatic rings. The van der Waals surface area contributed by atoms with Crippen molar-refractivity contribution >= 4 is 17.9 Å². The number of carbonyl (C=O) groups is 3. The fourth-order valence-electron chi connectivity index (χ4n) is 3.80. The third-order valence-corrected chi connectivity index (χ3v) is 5.25. The van der Waals surface area contributed by atoms with E-state index in [9.17, 15) is 19.5 Å². The van der Waals surface area contributed by atoms with Gasteiger partial charge in [0.1, 0.15) is 12.2 Å². The minimum absolute atomic E-state index is 0.0206. The number of nitrogens with two attached hydrogens (primary N) is 2. The number of ether oxygens (including phenoxy) is 2. The molecule has 170 valence electrons. The molecule has 0 aromatic heterocycles. The van der Waals surface area contributed by atoms with E-state index in [1.807, 2.05) is 48.5 Å². The Labute approximate surface area is 186 Å². The zero-order valence-electron chi connectivity index (χ0n) is 18.3. The highest BCUT2D eigenvalue weighted by Gasteiger charge is 2.42. The third kappa shape index (κ3) is 4.98. The van der Waals surface area contributed by atoms with Gasteiger partial charge in [0.2, 0.25) is 0 Å². The van der Waals surface area contributed by atoms with Crippen molar-refractivity contribution in [3.63, 3.8) is 0 Å². The second-order valence-corrected chi connectivity index (χ2v) is 8.99. The number of esters is 2. The molecule has 8 nitrogen and oxygen atoms in total. The first-order valence-electron chi connectivity index (χ1n) is 10.3. The van der Waals surface area contributed by atoms with Gasteiger partial charge in [-0.1, -0.05) is 48.5 Å². The number of fused-ring (bicyclic) bond motifs is 3. The zero-order chi connectivity index (χ0) is 23.7. The van der Waals surface area contributed by atoms with Crippen molar-refractivity contribution < 1.29 is 29.0 Å². The standard InChI is InChI=1S/C24H28N2O6/c1-23(2,3)32-21(29)18(20(27)28)12-24(25,26)22(30)31-13-19-16-10-6-4-8-14(16)15-9-5-7-11-17(15)19/h4-11,18-19H,12-13,25-26H2,1-3H3,(H,27,28). The van der Waals surface area contributed by atoms with Crippen LogP contribution in [0.5, 0.6) is 0 Å². The highest BCUT2D eigenvalue weighted by molar-refractivity contribution is 5.95. The number of rotatable bonds is 7. The molecular weight excluding hydrogens is 412 g/mol. The summed E-state index contributed by atoms with van der Waals surface area (Å²) in [6, 6.07) is 15.6. The van der Waals surface area contributed by atoms with Gasteiger partial charge in [0.05, 0.1) is 0 Å². The number of carbonyl (C=O) groups excluding carboxylic acids is 2. The molecule has 0 spiro atoms. The molecule has 0 aliphatic heterocycles. The van der Waals surface area contributed by atoms with Gasteiger partial charge in [-0.25, -0.2) is 4.79 Å². The Balaban J connectivity index is 1.72. The molecule has 32 heavy (non-hydrogen) atoms. The van der Waals surface area contributed by atoms with Crippen molar-refractivity contribution in [3.05, 3.63) is 59.7 Å². The van der Waals surface area contributed by atoms with Crippen LogP contribution < -0.4 is 11.5 Å². The van der Waals surface area contributed by atoms with Crippen LogP contribution in [0.4, 0.5) is 0 Å². The normalized spacial score (nSPS) is 14.3. The second kappa shape index (κ2) is 8.72. The van der Waals surface area contributed by atoms with Crippen LogP contribution in [0.3, 0.4) is 0 Å². The quantitative estimate of drug-likeness (QED) is 0.338. The Morgan fingerprint density at radius 2 is 1.47 bits per heavy atom. The molecule has 0 heterocycles. The van der Waals surface area contributed by atoms with Crippen molar-refractivity contribution in [3.8, 4) is 11.1 Å². The van der Waals surface area contributed by atoms with Crippen LogP contribution in [-0.4, -0.2) is 40.9 Å². The van der Waals surface area contributed by atoms with Gasteiger partial charge in [0.15, 0.2) is 11.6 Å². The molecule has 3 rings (SSSR count). The van der Waals surface area contributed by atoms with E-state index in [2.05, 4.69) is 0 Å². The van der Waals surface area contributed by atoms with E-state index in [0.29, 0.717) is 0 Å². The summed E-state index contributed by atoms with van der Waals surface area (Å²) in [6.45, 7) is 4.79. The topological polar surface area (TPSA) is 142 Å². The largest absolute Gasteiger partial charge is 0.481 e. The van der Waals surface area contributed by atoms with Crippen molar-refractivity contribution in [2.75, 3.05) is 6.61 Å². The summed E-state index contributed by atoms with van der Waals surface area (Å²) in [7, 11) is 0. The van der Waals surface area contributed by atoms with Gasteiger partial charge in [0.25, 0.3) is 0 Å². The van der Waals surface area contributed by atoms with E-state index in [1.54, 1.807) is 20.8 Å². The molecule has 5 N–H and O–H groups in total. The Kier molecular flexibility index (Phi) is 6.39. The predicted molar refractivity (Wildman–Crippen MR) is 117 cm³/mol. The third-order valence-electron chi connectivity index (χ3n) is 5.25. The van der Waals surface area contributed by atoms with Gasteiger partial charge in [-0.05, 0) is 43.0 Å². The van der Waals surface area contributed by atoms with E-state index in [1.165, 1.54) is 0 Å². The Bertz CT molecular complexity index is 995. The van der Waals surface area contributed by atoms with Crippen molar-refractivity contribution in [2.24, 2.45) is 17.4 Å². The molecule has 0 saturated heterocycles. The van der Waals surface area contributed by atoms with Crippen LogP contribution in [0.25, 0.3) is 11.1 Å². The Hall–Kier alpha value is -3.23. The molecule has 1 unspecified atom stereocenters. The summed E-state index contributed by atoms with van der Waals surface area (Å²) in [5.74, 6) is -5.40. The SMILES string of the molecule is CC(C)(C)OC(=O)C(CC(N)(N)C(=O)OCC1c2ccccc2-c2ccccc21)C(=O)O. The van der Waals surface area contributed by atoms with Gasteiger partial charge in [-0.3, -0.25) is 9.59 Å². The first-order chi connectivity index (χ1) is 14.9. The van der Waals surface area contributed by atoms with E-state index in [4.69, 9.17) is 20.9 Å². The van der Waals surface area contributed by atoms with E-state index in [0.717, 1.165) is 22.3 Å². The van der Waals surface area contributed by atoms with Crippen molar-refractivity contribution in [1.82, 2.24) is 0 Å². The number of carboxylic acids is 1. The molecule has 1 atom stereocenters. The molecule has 2 aromatic rings. The number of aliphatic carboxylic acids is 1. The molecule has 0 fully saturated rings. The average molecular weight is 440 g/mol. The van der Waals surface area contributed by atoms with Crippen molar-refractivity contribution in [1.29, 1.82) is 0 Å². The first kappa shape index (κ1) is 23.4. The average Bonchev–Trinajstić information content (AvgIpc) is 3.02. The molecule has 0 amide bonds. The molecule has 8 heteroatoms. The number of benzene rings is 2. The minimum Gasteiger partial charge on any atom is -0.481 e. The second-order valence-electron chi connectivity index (χ2n) is 8.99. The fourth-order valence-corrected chi connectivity index (χ4v) is 3.80. The maximum Gasteiger partial charge on any atom is 0.340 e. The lowest BCUT2D eigenvalue weighted by atomic mass is 9.95. The zero-order valence-corrected chi connectivity index (χ0v) is 18.3. The minimum atomic E-state index is -2.18. The van der Waals surface area contributed by atoms with Gasteiger partial charge < -0.3 is 26.0 Å². The molecular formula is C24H28N2O6. The van der Waals surface area contributed by atoms with Crippen LogP contribution in [0, 0.1) is 5.92 Å². The van der Waals surface area contributed by atoms with Crippen LogP contribution in [-0.2, 0) is 23.9 Å². The van der Waals surface area contributed by atoms with Gasteiger partial charge in [-0.15, -0.1) is 0 Å². The summed E-state index contributed by atoms with van der Waals surface area (Å²) < 4.78 is 10.6. The Morgan fingerprint density at radius 3 is 1.94 bits per heavy atom. The monoisotopic (exact) mass is 440 g/mol. The molecule has 1 aliphatic carbocycles. The molecule has 2 aromatic carbocycles. The summed E-state index contributed by atoms with van der Waals surface area (Å²) in [5.41, 5.74) is 12.9. The van der Waals surface area contributed by atoms with Gasteiger partial charge in [0, 0.05) is 12.3 Å². The van der Waals surface area contributed by atoms with Crippen LogP contribution in [0.1, 0.15) is 44.2 Å². The Morgan fingerprint density at radius 1 is 0.969 bits per heavy atom. The van der Waals surface area contributed by atoms with E-state index < -0.39 is 41.5 Å². The number of carboxylic acid groups (broad SMARTS) is 1. The number of hydrogen-bond donors (Lipinski definition) is 3. The fraction of sp³-hybridized carbons (Fsp3) is 0.375. The summed E-state index contributed by atoms with van der Waals surface area (Å²) >= 11 is 0. The smallest absolute Gasteiger partial charge is 0.340 e. The van der Waals surface area contributed by atoms with Crippen LogP contribution in [0.2, 0.25) is 0 Å². The lowest BCUT2D eigenvalue weighted by Crippen LogP contribution is -2.59. The molecule has 0 saturated carbocycles. The van der Waals surface area contributed by atoms with Gasteiger partial charge >= 0.3 is 17.9 Å². The lowest BCUT2D eigenvalue weighted by Gasteiger charge is -2.27. The summed E-state index contributed by atoms with van der Waals surface area (Å²) in [4.78, 5) is 36.6. The van der Waals surface area contributed by atoms with E-state index >= 15 is 0 Å². The summed E-state index contributed by atoms with van der Waals surface area (Å²) in [5, 5.41) is 9.44. The highest BCUT2D eigenvalue weighted by atomic mass is 16.6. The maximum absolute atomic E-state index is 12.7. The van der Waals surface area contributed by atoms with Crippen molar-refractivity contribution in [2.45, 2.75) is 44.4 Å². The predicted octanol–water partition coefficient (Wildman–Crippen LogP) is 2.39.